The zero-order valence-electron chi connectivity index (χ0n) is 18.1. The molecular weight excluding hydrogens is 427 g/mol. The Balaban J connectivity index is 2.29. The lowest BCUT2D eigenvalue weighted by atomic mass is 9.68. The molecule has 3 atom stereocenters. The SMILES string of the molecule is CCOC(=O)C1=C(C)NC2=C(C(=O)[C@H](C(=O)OC)[C@H](C)C2)[C@H]1c1ccccc1C(F)(F)F. The number of hydrogen-bond acceptors (Lipinski definition) is 6. The molecule has 1 aliphatic heterocycles. The van der Waals surface area contributed by atoms with Crippen LogP contribution < -0.4 is 5.32 Å². The second-order valence-corrected chi connectivity index (χ2v) is 7.84. The second-order valence-electron chi connectivity index (χ2n) is 7.84. The highest BCUT2D eigenvalue weighted by Gasteiger charge is 2.49. The number of ketones is 1. The fourth-order valence-corrected chi connectivity index (χ4v) is 4.48. The minimum absolute atomic E-state index is 0.00488. The zero-order valence-corrected chi connectivity index (χ0v) is 18.1. The van der Waals surface area contributed by atoms with Crippen LogP contribution in [0.1, 0.15) is 44.2 Å². The van der Waals surface area contributed by atoms with Gasteiger partial charge in [-0.1, -0.05) is 25.1 Å². The van der Waals surface area contributed by atoms with Gasteiger partial charge >= 0.3 is 18.1 Å². The van der Waals surface area contributed by atoms with Crippen molar-refractivity contribution in [2.45, 2.75) is 39.3 Å². The van der Waals surface area contributed by atoms with Gasteiger partial charge in [0, 0.05) is 22.9 Å². The summed E-state index contributed by atoms with van der Waals surface area (Å²) in [6, 6.07) is 4.81. The molecule has 0 spiro atoms. The first-order valence-corrected chi connectivity index (χ1v) is 10.2. The number of benzene rings is 1. The molecule has 0 aromatic heterocycles. The summed E-state index contributed by atoms with van der Waals surface area (Å²) in [5, 5.41) is 3.01. The maximum Gasteiger partial charge on any atom is 0.416 e. The fraction of sp³-hybridized carbons (Fsp3) is 0.435. The van der Waals surface area contributed by atoms with Gasteiger partial charge in [-0.2, -0.15) is 13.2 Å². The van der Waals surface area contributed by atoms with Crippen LogP contribution in [-0.4, -0.2) is 31.4 Å². The van der Waals surface area contributed by atoms with E-state index in [2.05, 4.69) is 5.32 Å². The molecule has 172 valence electrons. The van der Waals surface area contributed by atoms with Crippen molar-refractivity contribution in [3.63, 3.8) is 0 Å². The summed E-state index contributed by atoms with van der Waals surface area (Å²) in [5.74, 6) is -5.20. The number of allylic oxidation sites excluding steroid dienone is 3. The van der Waals surface area contributed by atoms with Gasteiger partial charge in [-0.3, -0.25) is 9.59 Å². The molecule has 32 heavy (non-hydrogen) atoms. The largest absolute Gasteiger partial charge is 0.468 e. The van der Waals surface area contributed by atoms with Crippen molar-refractivity contribution in [2.24, 2.45) is 11.8 Å². The monoisotopic (exact) mass is 451 g/mol. The molecule has 0 saturated heterocycles. The van der Waals surface area contributed by atoms with E-state index in [1.807, 2.05) is 0 Å². The average molecular weight is 451 g/mol. The Morgan fingerprint density at radius 1 is 1.22 bits per heavy atom. The van der Waals surface area contributed by atoms with Crippen LogP contribution in [0.25, 0.3) is 0 Å². The highest BCUT2D eigenvalue weighted by Crippen LogP contribution is 2.48. The number of nitrogens with one attached hydrogen (secondary N) is 1. The number of esters is 2. The predicted octanol–water partition coefficient (Wildman–Crippen LogP) is 3.88. The molecule has 1 aromatic rings. The highest BCUT2D eigenvalue weighted by molar-refractivity contribution is 6.12. The first-order chi connectivity index (χ1) is 15.0. The summed E-state index contributed by atoms with van der Waals surface area (Å²) in [4.78, 5) is 38.7. The summed E-state index contributed by atoms with van der Waals surface area (Å²) in [5.41, 5.74) is -0.633. The number of dihydropyridines is 1. The molecule has 0 bridgehead atoms. The van der Waals surface area contributed by atoms with E-state index in [9.17, 15) is 27.6 Å². The highest BCUT2D eigenvalue weighted by atomic mass is 19.4. The maximum absolute atomic E-state index is 13.9. The van der Waals surface area contributed by atoms with Crippen molar-refractivity contribution < 1.29 is 37.0 Å². The Bertz CT molecular complexity index is 1020. The maximum atomic E-state index is 13.9. The first-order valence-electron chi connectivity index (χ1n) is 10.2. The molecule has 2 aliphatic rings. The van der Waals surface area contributed by atoms with Crippen LogP contribution in [0, 0.1) is 11.8 Å². The lowest BCUT2D eigenvalue weighted by Crippen LogP contribution is -2.43. The van der Waals surface area contributed by atoms with E-state index < -0.39 is 47.2 Å². The van der Waals surface area contributed by atoms with Crippen molar-refractivity contribution in [2.75, 3.05) is 13.7 Å². The van der Waals surface area contributed by atoms with Crippen molar-refractivity contribution in [1.29, 1.82) is 0 Å². The summed E-state index contributed by atoms with van der Waals surface area (Å²) in [6.45, 7) is 4.84. The zero-order chi connectivity index (χ0) is 23.8. The number of halogens is 3. The minimum atomic E-state index is -4.72. The van der Waals surface area contributed by atoms with Gasteiger partial charge in [0.25, 0.3) is 0 Å². The van der Waals surface area contributed by atoms with Crippen molar-refractivity contribution in [3.05, 3.63) is 57.9 Å². The molecule has 0 unspecified atom stereocenters. The predicted molar refractivity (Wildman–Crippen MR) is 108 cm³/mol. The number of hydrogen-bond donors (Lipinski definition) is 1. The van der Waals surface area contributed by atoms with Gasteiger partial charge in [-0.25, -0.2) is 4.79 Å². The van der Waals surface area contributed by atoms with Crippen molar-refractivity contribution >= 4 is 17.7 Å². The lowest BCUT2D eigenvalue weighted by molar-refractivity contribution is -0.151. The molecule has 0 radical (unpaired) electrons. The molecule has 1 N–H and O–H groups in total. The number of rotatable bonds is 4. The number of carbonyl (C=O) groups is 3. The molecule has 6 nitrogen and oxygen atoms in total. The van der Waals surface area contributed by atoms with E-state index in [-0.39, 0.29) is 29.7 Å². The quantitative estimate of drug-likeness (QED) is 0.553. The third-order valence-electron chi connectivity index (χ3n) is 5.82. The molecule has 9 heteroatoms. The molecule has 0 fully saturated rings. The van der Waals surface area contributed by atoms with E-state index in [4.69, 9.17) is 9.47 Å². The van der Waals surface area contributed by atoms with Crippen molar-refractivity contribution in [3.8, 4) is 0 Å². The van der Waals surface area contributed by atoms with Crippen LogP contribution in [0.2, 0.25) is 0 Å². The number of ether oxygens (including phenoxy) is 2. The molecule has 1 aromatic carbocycles. The van der Waals surface area contributed by atoms with E-state index >= 15 is 0 Å². The molecular formula is C23H24F3NO5. The Kier molecular flexibility index (Phi) is 6.48. The van der Waals surface area contributed by atoms with Gasteiger partial charge in [0.05, 0.1) is 24.9 Å². The third kappa shape index (κ3) is 4.03. The number of alkyl halides is 3. The van der Waals surface area contributed by atoms with E-state index in [0.717, 1.165) is 13.2 Å². The summed E-state index contributed by atoms with van der Waals surface area (Å²) in [7, 11) is 1.15. The number of carbonyl (C=O) groups excluding carboxylic acids is 3. The van der Waals surface area contributed by atoms with Crippen LogP contribution >= 0.6 is 0 Å². The fourth-order valence-electron chi connectivity index (χ4n) is 4.48. The topological polar surface area (TPSA) is 81.7 Å². The Hall–Kier alpha value is -3.10. The van der Waals surface area contributed by atoms with Crippen LogP contribution in [0.4, 0.5) is 13.2 Å². The molecule has 3 rings (SSSR count). The first kappa shape index (κ1) is 23.6. The molecule has 0 saturated carbocycles. The number of Topliss-reactive ketones (excluding diaryl/α,β-unsaturated/α-hetero) is 1. The van der Waals surface area contributed by atoms with Gasteiger partial charge in [-0.15, -0.1) is 0 Å². The van der Waals surface area contributed by atoms with E-state index in [0.29, 0.717) is 11.4 Å². The van der Waals surface area contributed by atoms with Gasteiger partial charge in [0.1, 0.15) is 5.92 Å². The summed E-state index contributed by atoms with van der Waals surface area (Å²) < 4.78 is 51.6. The third-order valence-corrected chi connectivity index (χ3v) is 5.82. The van der Waals surface area contributed by atoms with Crippen LogP contribution in [0.3, 0.4) is 0 Å². The second kappa shape index (κ2) is 8.80. The number of methoxy groups -OCH3 is 1. The van der Waals surface area contributed by atoms with Crippen LogP contribution in [0.5, 0.6) is 0 Å². The minimum Gasteiger partial charge on any atom is -0.468 e. The van der Waals surface area contributed by atoms with Gasteiger partial charge < -0.3 is 14.8 Å². The van der Waals surface area contributed by atoms with Gasteiger partial charge in [-0.05, 0) is 37.8 Å². The molecule has 0 amide bonds. The molecule has 1 aliphatic carbocycles. The Labute approximate surface area is 183 Å². The van der Waals surface area contributed by atoms with Gasteiger partial charge in [0.2, 0.25) is 0 Å². The Morgan fingerprint density at radius 2 is 1.88 bits per heavy atom. The normalized spacial score (nSPS) is 23.5. The van der Waals surface area contributed by atoms with E-state index in [1.165, 1.54) is 18.2 Å². The van der Waals surface area contributed by atoms with Crippen LogP contribution in [-0.2, 0) is 30.0 Å². The summed E-state index contributed by atoms with van der Waals surface area (Å²) in [6.07, 6.45) is -4.48. The van der Waals surface area contributed by atoms with Crippen molar-refractivity contribution in [1.82, 2.24) is 5.32 Å². The standard InChI is InChI=1S/C23H24F3NO5/c1-5-32-22(30)17-12(3)27-15-10-11(2)16(21(29)31-4)20(28)19(15)18(17)13-8-6-7-9-14(13)23(24,25)26/h6-9,11,16,18,27H,5,10H2,1-4H3/t11-,16-,18+/m1/s1. The lowest BCUT2D eigenvalue weighted by Gasteiger charge is -2.38. The molecule has 1 heterocycles. The average Bonchev–Trinajstić information content (AvgIpc) is 2.72. The van der Waals surface area contributed by atoms with Gasteiger partial charge in [0.15, 0.2) is 5.78 Å². The van der Waals surface area contributed by atoms with Crippen LogP contribution in [0.15, 0.2) is 46.8 Å². The Morgan fingerprint density at radius 3 is 2.47 bits per heavy atom. The summed E-state index contributed by atoms with van der Waals surface area (Å²) >= 11 is 0. The smallest absolute Gasteiger partial charge is 0.416 e. The van der Waals surface area contributed by atoms with E-state index in [1.54, 1.807) is 20.8 Å².